The Morgan fingerprint density at radius 3 is 2.73 bits per heavy atom. The number of anilines is 1. The maximum Gasteiger partial charge on any atom is 0.309 e. The highest BCUT2D eigenvalue weighted by Crippen LogP contribution is 2.27. The molecule has 5 nitrogen and oxygen atoms in total. The van der Waals surface area contributed by atoms with E-state index in [1.54, 1.807) is 12.1 Å². The standard InChI is InChI=1S/C26H34ClNO4S/c1-17(2)25(18(3)14-19(4)31-13-11-21-8-6-7-12-32-21)26(33)28-23-15-20(9-10-22(23)27)16-24(29)30-5/h9-10,14-15,21H,4,6-8,11-13,16H2,1-3,5H3,(H,28,33)/b18-14-. The quantitative estimate of drug-likeness (QED) is 0.131. The van der Waals surface area contributed by atoms with Gasteiger partial charge in [0, 0.05) is 18.6 Å². The van der Waals surface area contributed by atoms with E-state index in [0.717, 1.165) is 48.2 Å². The molecule has 0 aromatic heterocycles. The van der Waals surface area contributed by atoms with Crippen LogP contribution in [0.4, 0.5) is 5.69 Å². The molecule has 1 heterocycles. The average Bonchev–Trinajstić information content (AvgIpc) is 2.76. The van der Waals surface area contributed by atoms with Crippen LogP contribution < -0.4 is 5.32 Å². The molecule has 0 radical (unpaired) electrons. The first-order valence-electron chi connectivity index (χ1n) is 11.2. The first kappa shape index (κ1) is 27.1. The van der Waals surface area contributed by atoms with E-state index < -0.39 is 0 Å². The van der Waals surface area contributed by atoms with Gasteiger partial charge in [-0.3, -0.25) is 4.79 Å². The van der Waals surface area contributed by atoms with E-state index in [0.29, 0.717) is 28.1 Å². The molecule has 1 atom stereocenters. The number of carbonyl (C=O) groups is 1. The second-order valence-electron chi connectivity index (χ2n) is 8.32. The first-order chi connectivity index (χ1) is 15.7. The molecule has 1 aliphatic heterocycles. The molecule has 1 aliphatic rings. The molecular weight excluding hydrogens is 458 g/mol. The molecule has 2 rings (SSSR count). The fourth-order valence-electron chi connectivity index (χ4n) is 3.71. The van der Waals surface area contributed by atoms with E-state index in [4.69, 9.17) is 38.0 Å². The highest BCUT2D eigenvalue weighted by atomic mass is 35.5. The molecule has 0 bridgehead atoms. The molecule has 33 heavy (non-hydrogen) atoms. The van der Waals surface area contributed by atoms with Gasteiger partial charge in [0.2, 0.25) is 0 Å². The van der Waals surface area contributed by atoms with Crippen LogP contribution in [0.2, 0.25) is 5.02 Å². The van der Waals surface area contributed by atoms with Gasteiger partial charge in [-0.2, -0.15) is 0 Å². The molecule has 0 amide bonds. The third-order valence-corrected chi connectivity index (χ3v) is 5.99. The number of hydrogen-bond acceptors (Lipinski definition) is 5. The average molecular weight is 492 g/mol. The number of halogens is 1. The number of methoxy groups -OCH3 is 1. The van der Waals surface area contributed by atoms with Crippen LogP contribution in [0.5, 0.6) is 0 Å². The van der Waals surface area contributed by atoms with Crippen molar-refractivity contribution in [2.24, 2.45) is 0 Å². The molecule has 0 saturated carbocycles. The number of allylic oxidation sites excluding steroid dienone is 2. The van der Waals surface area contributed by atoms with E-state index in [2.05, 4.69) is 11.9 Å². The third kappa shape index (κ3) is 8.95. The van der Waals surface area contributed by atoms with Crippen molar-refractivity contribution in [1.82, 2.24) is 0 Å². The molecule has 0 spiro atoms. The summed E-state index contributed by atoms with van der Waals surface area (Å²) in [6.07, 6.45) is 6.65. The topological polar surface area (TPSA) is 56.8 Å². The molecule has 1 saturated heterocycles. The van der Waals surface area contributed by atoms with Crippen molar-refractivity contribution in [3.8, 4) is 0 Å². The van der Waals surface area contributed by atoms with Crippen LogP contribution in [-0.4, -0.2) is 37.4 Å². The Balaban J connectivity index is 2.04. The Bertz CT molecular complexity index is 928. The van der Waals surface area contributed by atoms with Crippen molar-refractivity contribution in [3.05, 3.63) is 63.9 Å². The lowest BCUT2D eigenvalue weighted by Gasteiger charge is -2.22. The van der Waals surface area contributed by atoms with Crippen LogP contribution in [0.25, 0.3) is 0 Å². The summed E-state index contributed by atoms with van der Waals surface area (Å²) in [6, 6.07) is 5.34. The minimum atomic E-state index is -0.317. The van der Waals surface area contributed by atoms with E-state index >= 15 is 0 Å². The van der Waals surface area contributed by atoms with Gasteiger partial charge in [0.05, 0.1) is 37.0 Å². The van der Waals surface area contributed by atoms with Crippen LogP contribution in [0.1, 0.15) is 52.0 Å². The predicted octanol–water partition coefficient (Wildman–Crippen LogP) is 6.57. The Labute approximate surface area is 207 Å². The molecular formula is C26H34ClNO4S. The number of thiocarbonyl (C=S) groups is 1. The van der Waals surface area contributed by atoms with Crippen LogP contribution in [-0.2, 0) is 25.4 Å². The second kappa shape index (κ2) is 13.5. The first-order valence-corrected chi connectivity index (χ1v) is 12.0. The van der Waals surface area contributed by atoms with Crippen LogP contribution >= 0.6 is 23.8 Å². The molecule has 1 aromatic rings. The largest absolute Gasteiger partial charge is 0.494 e. The van der Waals surface area contributed by atoms with E-state index in [1.165, 1.54) is 13.5 Å². The number of benzene rings is 1. The fourth-order valence-corrected chi connectivity index (χ4v) is 4.35. The molecule has 1 N–H and O–H groups in total. The van der Waals surface area contributed by atoms with Gasteiger partial charge in [-0.15, -0.1) is 0 Å². The molecule has 1 fully saturated rings. The summed E-state index contributed by atoms with van der Waals surface area (Å²) in [7, 11) is 1.37. The number of esters is 1. The van der Waals surface area contributed by atoms with E-state index in [-0.39, 0.29) is 18.5 Å². The lowest BCUT2D eigenvalue weighted by Crippen LogP contribution is -2.20. The molecule has 1 aromatic carbocycles. The SMILES string of the molecule is C=C(/C=C(/C)C(C(=S)Nc1cc(CC(=O)OC)ccc1Cl)=C(C)C)OCCC1CCCCO1. The van der Waals surface area contributed by atoms with Crippen LogP contribution in [0.3, 0.4) is 0 Å². The Morgan fingerprint density at radius 2 is 2.09 bits per heavy atom. The Kier molecular flexibility index (Phi) is 11.1. The van der Waals surface area contributed by atoms with Gasteiger partial charge in [0.15, 0.2) is 0 Å². The minimum Gasteiger partial charge on any atom is -0.494 e. The van der Waals surface area contributed by atoms with E-state index in [1.807, 2.05) is 32.9 Å². The molecule has 1 unspecified atom stereocenters. The highest BCUT2D eigenvalue weighted by molar-refractivity contribution is 7.81. The summed E-state index contributed by atoms with van der Waals surface area (Å²) >= 11 is 12.1. The Morgan fingerprint density at radius 1 is 1.33 bits per heavy atom. The number of nitrogens with one attached hydrogen (secondary N) is 1. The monoisotopic (exact) mass is 491 g/mol. The van der Waals surface area contributed by atoms with Gasteiger partial charge in [0.1, 0.15) is 10.7 Å². The van der Waals surface area contributed by atoms with Gasteiger partial charge in [-0.1, -0.05) is 42.0 Å². The lowest BCUT2D eigenvalue weighted by atomic mass is 10.0. The minimum absolute atomic E-state index is 0.159. The van der Waals surface area contributed by atoms with E-state index in [9.17, 15) is 4.79 Å². The van der Waals surface area contributed by atoms with Gasteiger partial charge in [0.25, 0.3) is 0 Å². The molecule has 7 heteroatoms. The lowest BCUT2D eigenvalue weighted by molar-refractivity contribution is -0.139. The van der Waals surface area contributed by atoms with Crippen LogP contribution in [0, 0.1) is 0 Å². The van der Waals surface area contributed by atoms with Gasteiger partial charge in [-0.25, -0.2) is 0 Å². The fraction of sp³-hybridized carbons (Fsp3) is 0.462. The van der Waals surface area contributed by atoms with Gasteiger partial charge >= 0.3 is 5.97 Å². The van der Waals surface area contributed by atoms with Gasteiger partial charge < -0.3 is 19.5 Å². The van der Waals surface area contributed by atoms with Crippen molar-refractivity contribution in [3.63, 3.8) is 0 Å². The zero-order valence-electron chi connectivity index (χ0n) is 20.0. The van der Waals surface area contributed by atoms with Crippen molar-refractivity contribution in [2.45, 2.75) is 59.0 Å². The third-order valence-electron chi connectivity index (χ3n) is 5.36. The summed E-state index contributed by atoms with van der Waals surface area (Å²) in [4.78, 5) is 12.1. The summed E-state index contributed by atoms with van der Waals surface area (Å²) in [5.41, 5.74) is 4.29. The normalized spacial score (nSPS) is 16.0. The van der Waals surface area contributed by atoms with Crippen molar-refractivity contribution >= 4 is 40.5 Å². The zero-order valence-corrected chi connectivity index (χ0v) is 21.5. The maximum atomic E-state index is 11.6. The second-order valence-corrected chi connectivity index (χ2v) is 9.13. The summed E-state index contributed by atoms with van der Waals surface area (Å²) in [5.74, 6) is 0.270. The number of carbonyl (C=O) groups excluding carboxylic acids is 1. The Hall–Kier alpha value is -2.15. The zero-order chi connectivity index (χ0) is 24.4. The van der Waals surface area contributed by atoms with Crippen molar-refractivity contribution in [1.29, 1.82) is 0 Å². The molecule has 180 valence electrons. The smallest absolute Gasteiger partial charge is 0.309 e. The van der Waals surface area contributed by atoms with Crippen molar-refractivity contribution < 1.29 is 19.0 Å². The van der Waals surface area contributed by atoms with Crippen molar-refractivity contribution in [2.75, 3.05) is 25.6 Å². The maximum absolute atomic E-state index is 11.6. The summed E-state index contributed by atoms with van der Waals surface area (Å²) < 4.78 is 16.3. The number of ether oxygens (including phenoxy) is 3. The molecule has 0 aliphatic carbocycles. The number of rotatable bonds is 10. The number of hydrogen-bond donors (Lipinski definition) is 1. The van der Waals surface area contributed by atoms with Crippen LogP contribution in [0.15, 0.2) is 53.3 Å². The summed E-state index contributed by atoms with van der Waals surface area (Å²) in [5, 5.41) is 3.74. The van der Waals surface area contributed by atoms with Gasteiger partial charge in [-0.05, 0) is 69.4 Å². The predicted molar refractivity (Wildman–Crippen MR) is 139 cm³/mol. The highest BCUT2D eigenvalue weighted by Gasteiger charge is 2.15. The summed E-state index contributed by atoms with van der Waals surface area (Å²) in [6.45, 7) is 11.4.